The van der Waals surface area contributed by atoms with Crippen LogP contribution in [-0.2, 0) is 12.4 Å². The predicted octanol–water partition coefficient (Wildman–Crippen LogP) is 5.30. The third-order valence-electron chi connectivity index (χ3n) is 2.97. The van der Waals surface area contributed by atoms with Gasteiger partial charge in [-0.3, -0.25) is 0 Å². The summed E-state index contributed by atoms with van der Waals surface area (Å²) >= 11 is 0. The van der Waals surface area contributed by atoms with Crippen molar-refractivity contribution in [2.75, 3.05) is 11.5 Å². The van der Waals surface area contributed by atoms with Gasteiger partial charge in [0.15, 0.2) is 0 Å². The summed E-state index contributed by atoms with van der Waals surface area (Å²) in [7, 11) is 0. The molecule has 0 aliphatic carbocycles. The van der Waals surface area contributed by atoms with Crippen LogP contribution in [0, 0.1) is 0 Å². The second kappa shape index (κ2) is 6.02. The molecule has 10 heteroatoms. The Labute approximate surface area is 131 Å². The molecule has 0 aromatic heterocycles. The van der Waals surface area contributed by atoms with Crippen molar-refractivity contribution in [2.45, 2.75) is 12.4 Å². The molecular weight excluding hydrogens is 338 g/mol. The van der Waals surface area contributed by atoms with E-state index in [4.69, 9.17) is 11.5 Å². The summed E-state index contributed by atoms with van der Waals surface area (Å²) in [6.45, 7) is 0. The zero-order chi connectivity index (χ0) is 18.1. The number of anilines is 2. The summed E-state index contributed by atoms with van der Waals surface area (Å²) in [5, 5.41) is 7.01. The molecule has 0 radical (unpaired) electrons. The zero-order valence-corrected chi connectivity index (χ0v) is 11.8. The molecule has 0 fully saturated rings. The lowest BCUT2D eigenvalue weighted by molar-refractivity contribution is -0.137. The lowest BCUT2D eigenvalue weighted by atomic mass is 10.1. The van der Waals surface area contributed by atoms with Crippen LogP contribution >= 0.6 is 0 Å². The van der Waals surface area contributed by atoms with E-state index in [0.29, 0.717) is 12.1 Å². The van der Waals surface area contributed by atoms with Crippen LogP contribution in [0.3, 0.4) is 0 Å². The minimum atomic E-state index is -4.68. The number of azo groups is 1. The maximum absolute atomic E-state index is 12.7. The molecule has 4 nitrogen and oxygen atoms in total. The van der Waals surface area contributed by atoms with Crippen molar-refractivity contribution in [2.24, 2.45) is 10.2 Å². The van der Waals surface area contributed by atoms with Crippen molar-refractivity contribution in [3.8, 4) is 0 Å². The third-order valence-corrected chi connectivity index (χ3v) is 2.97. The fraction of sp³-hybridized carbons (Fsp3) is 0.143. The van der Waals surface area contributed by atoms with Crippen molar-refractivity contribution in [3.63, 3.8) is 0 Å². The Morgan fingerprint density at radius 1 is 0.625 bits per heavy atom. The Kier molecular flexibility index (Phi) is 4.41. The molecule has 0 saturated carbocycles. The Morgan fingerprint density at radius 3 is 1.25 bits per heavy atom. The number of halogens is 6. The second-order valence-electron chi connectivity index (χ2n) is 4.74. The first-order chi connectivity index (χ1) is 11.0. The fourth-order valence-corrected chi connectivity index (χ4v) is 1.82. The van der Waals surface area contributed by atoms with Crippen LogP contribution in [0.1, 0.15) is 11.1 Å². The predicted molar refractivity (Wildman–Crippen MR) is 75.9 cm³/mol. The SMILES string of the molecule is Nc1ccc(N=Nc2ccc(N)c(C(F)(F)F)c2)cc1C(F)(F)F. The topological polar surface area (TPSA) is 76.8 Å². The highest BCUT2D eigenvalue weighted by Gasteiger charge is 2.34. The van der Waals surface area contributed by atoms with E-state index in [-0.39, 0.29) is 11.4 Å². The largest absolute Gasteiger partial charge is 0.418 e. The van der Waals surface area contributed by atoms with Crippen LogP contribution < -0.4 is 11.5 Å². The highest BCUT2D eigenvalue weighted by Crippen LogP contribution is 2.37. The van der Waals surface area contributed by atoms with Gasteiger partial charge < -0.3 is 11.5 Å². The maximum Gasteiger partial charge on any atom is 0.418 e. The average Bonchev–Trinajstić information content (AvgIpc) is 2.45. The molecule has 2 aromatic rings. The second-order valence-corrected chi connectivity index (χ2v) is 4.74. The van der Waals surface area contributed by atoms with Gasteiger partial charge in [-0.15, -0.1) is 0 Å². The molecular formula is C14H10F6N4. The molecule has 0 bridgehead atoms. The molecule has 24 heavy (non-hydrogen) atoms. The molecule has 2 aromatic carbocycles. The zero-order valence-electron chi connectivity index (χ0n) is 11.8. The quantitative estimate of drug-likeness (QED) is 0.439. The van der Waals surface area contributed by atoms with Crippen LogP contribution in [0.25, 0.3) is 0 Å². The van der Waals surface area contributed by atoms with Gasteiger partial charge in [0.25, 0.3) is 0 Å². The Morgan fingerprint density at radius 2 is 0.958 bits per heavy atom. The van der Waals surface area contributed by atoms with E-state index in [0.717, 1.165) is 24.3 Å². The minimum absolute atomic E-state index is 0.207. The van der Waals surface area contributed by atoms with E-state index in [2.05, 4.69) is 10.2 Å². The molecule has 0 aliphatic heterocycles. The first kappa shape index (κ1) is 17.6. The lowest BCUT2D eigenvalue weighted by Gasteiger charge is -2.10. The normalized spacial score (nSPS) is 12.8. The van der Waals surface area contributed by atoms with Gasteiger partial charge in [-0.05, 0) is 36.4 Å². The van der Waals surface area contributed by atoms with Crippen molar-refractivity contribution in [1.82, 2.24) is 0 Å². The number of nitrogens with zero attached hydrogens (tertiary/aromatic N) is 2. The third kappa shape index (κ3) is 3.94. The van der Waals surface area contributed by atoms with Gasteiger partial charge in [-0.2, -0.15) is 36.6 Å². The van der Waals surface area contributed by atoms with Crippen LogP contribution in [0.15, 0.2) is 46.6 Å². The molecule has 0 aliphatic rings. The van der Waals surface area contributed by atoms with Crippen LogP contribution in [0.2, 0.25) is 0 Å². The molecule has 128 valence electrons. The number of hydrogen-bond acceptors (Lipinski definition) is 4. The smallest absolute Gasteiger partial charge is 0.398 e. The Hall–Kier alpha value is -2.78. The van der Waals surface area contributed by atoms with Gasteiger partial charge in [-0.1, -0.05) is 0 Å². The van der Waals surface area contributed by atoms with Crippen molar-refractivity contribution in [3.05, 3.63) is 47.5 Å². The van der Waals surface area contributed by atoms with Crippen molar-refractivity contribution in [1.29, 1.82) is 0 Å². The van der Waals surface area contributed by atoms with Gasteiger partial charge in [0.05, 0.1) is 22.5 Å². The first-order valence-corrected chi connectivity index (χ1v) is 6.33. The number of alkyl halides is 6. The molecule has 2 rings (SSSR count). The van der Waals surface area contributed by atoms with Crippen molar-refractivity contribution >= 4 is 22.7 Å². The van der Waals surface area contributed by atoms with Crippen LogP contribution in [0.4, 0.5) is 49.1 Å². The van der Waals surface area contributed by atoms with Crippen LogP contribution in [0.5, 0.6) is 0 Å². The molecule has 0 amide bonds. The summed E-state index contributed by atoms with van der Waals surface area (Å²) < 4.78 is 76.4. The summed E-state index contributed by atoms with van der Waals surface area (Å²) in [5.74, 6) is 0. The van der Waals surface area contributed by atoms with E-state index in [1.807, 2.05) is 0 Å². The summed E-state index contributed by atoms with van der Waals surface area (Å²) in [6.07, 6.45) is -9.36. The van der Waals surface area contributed by atoms with Gasteiger partial charge >= 0.3 is 12.4 Å². The highest BCUT2D eigenvalue weighted by molar-refractivity contribution is 5.58. The van der Waals surface area contributed by atoms with Gasteiger partial charge in [-0.25, -0.2) is 0 Å². The summed E-state index contributed by atoms with van der Waals surface area (Å²) in [6, 6.07) is 5.61. The van der Waals surface area contributed by atoms with E-state index in [1.54, 1.807) is 0 Å². The first-order valence-electron chi connectivity index (χ1n) is 6.33. The fourth-order valence-electron chi connectivity index (χ4n) is 1.82. The number of nitrogens with two attached hydrogens (primary N) is 2. The van der Waals surface area contributed by atoms with Crippen LogP contribution in [-0.4, -0.2) is 0 Å². The molecule has 0 saturated heterocycles. The summed E-state index contributed by atoms with van der Waals surface area (Å²) in [4.78, 5) is 0. The highest BCUT2D eigenvalue weighted by atomic mass is 19.4. The van der Waals surface area contributed by atoms with E-state index in [9.17, 15) is 26.3 Å². The molecule has 4 N–H and O–H groups in total. The lowest BCUT2D eigenvalue weighted by Crippen LogP contribution is -2.08. The number of benzene rings is 2. The maximum atomic E-state index is 12.7. The van der Waals surface area contributed by atoms with E-state index >= 15 is 0 Å². The van der Waals surface area contributed by atoms with Gasteiger partial charge in [0.2, 0.25) is 0 Å². The standard InChI is InChI=1S/C14H10F6N4/c15-13(16,17)9-5-7(1-3-11(9)21)23-24-8-2-4-12(22)10(6-8)14(18,19)20/h1-6H,21-22H2. The number of nitrogen functional groups attached to an aromatic ring is 2. The van der Waals surface area contributed by atoms with E-state index < -0.39 is 34.9 Å². The van der Waals surface area contributed by atoms with Crippen molar-refractivity contribution < 1.29 is 26.3 Å². The average molecular weight is 348 g/mol. The molecule has 0 spiro atoms. The molecule has 0 heterocycles. The minimum Gasteiger partial charge on any atom is -0.398 e. The van der Waals surface area contributed by atoms with Gasteiger partial charge in [0, 0.05) is 11.4 Å². The van der Waals surface area contributed by atoms with E-state index in [1.165, 1.54) is 0 Å². The van der Waals surface area contributed by atoms with Gasteiger partial charge in [0.1, 0.15) is 0 Å². The monoisotopic (exact) mass is 348 g/mol. The Bertz CT molecular complexity index is 714. The Balaban J connectivity index is 2.36. The molecule has 0 unspecified atom stereocenters. The summed E-state index contributed by atoms with van der Waals surface area (Å²) in [5.41, 5.74) is 6.87. The number of rotatable bonds is 2. The molecule has 0 atom stereocenters. The number of hydrogen-bond donors (Lipinski definition) is 2.